The molecule has 0 N–H and O–H groups in total. The molecule has 0 heterocycles. The van der Waals surface area contributed by atoms with Crippen LogP contribution in [0.4, 0.5) is 0 Å². The Balaban J connectivity index is 3.49. The molecule has 0 aromatic rings. The van der Waals surface area contributed by atoms with E-state index in [1.807, 2.05) is 6.66 Å². The maximum atomic E-state index is 10.9. The van der Waals surface area contributed by atoms with E-state index >= 15 is 0 Å². The number of hydrogen-bond acceptors (Lipinski definition) is 1. The largest absolute Gasteiger partial charge is 0.335 e. The Bertz CT molecular complexity index is 112. The second-order valence-corrected chi connectivity index (χ2v) is 4.85. The fourth-order valence-corrected chi connectivity index (χ4v) is 2.45. The minimum absolute atomic E-state index is 0.712. The third-order valence-corrected chi connectivity index (χ3v) is 3.09. The van der Waals surface area contributed by atoms with Crippen molar-refractivity contribution >= 4 is 7.80 Å². The minimum atomic E-state index is -0.912. The van der Waals surface area contributed by atoms with Crippen molar-refractivity contribution in [1.82, 2.24) is 0 Å². The third-order valence-electron chi connectivity index (χ3n) is 2.06. The van der Waals surface area contributed by atoms with Gasteiger partial charge in [-0.1, -0.05) is 31.3 Å². The van der Waals surface area contributed by atoms with E-state index in [0.29, 0.717) is 5.92 Å². The van der Waals surface area contributed by atoms with Gasteiger partial charge < -0.3 is 0 Å². The number of unbranched alkanes of at least 4 members (excludes halogenated alkanes) is 1. The van der Waals surface area contributed by atoms with E-state index in [1.54, 1.807) is 0 Å². The number of hydrogen-bond donors (Lipinski definition) is 0. The molecule has 0 aromatic heterocycles. The highest BCUT2D eigenvalue weighted by Gasteiger charge is 2.15. The van der Waals surface area contributed by atoms with Gasteiger partial charge in [0.05, 0.1) is 0 Å². The molecule has 11 heavy (non-hydrogen) atoms. The molecule has 0 fully saturated rings. The van der Waals surface area contributed by atoms with Gasteiger partial charge in [-0.3, -0.25) is 0 Å². The summed E-state index contributed by atoms with van der Waals surface area (Å²) in [6, 6.07) is 0. The lowest BCUT2D eigenvalue weighted by Crippen LogP contribution is -2.01. The molecule has 0 amide bonds. The quantitative estimate of drug-likeness (QED) is 0.563. The fraction of sp³-hybridized carbons (Fsp3) is 1.00. The Labute approximate surface area is 71.4 Å². The molecule has 0 rings (SSSR count). The molecule has 2 unspecified atom stereocenters. The third kappa shape index (κ3) is 6.50. The molecule has 0 aromatic carbocycles. The highest BCUT2D eigenvalue weighted by Crippen LogP contribution is 2.24. The lowest BCUT2D eigenvalue weighted by atomic mass is 10.0. The normalized spacial score (nSPS) is 14.6. The van der Waals surface area contributed by atoms with E-state index in [-0.39, 0.29) is 0 Å². The Morgan fingerprint density at radius 2 is 2.00 bits per heavy atom. The zero-order valence-electron chi connectivity index (χ0n) is 7.97. The lowest BCUT2D eigenvalue weighted by molar-refractivity contribution is 0.488. The summed E-state index contributed by atoms with van der Waals surface area (Å²) in [6.07, 6.45) is 5.95. The molecule has 0 aliphatic heterocycles. The van der Waals surface area contributed by atoms with Gasteiger partial charge in [0, 0.05) is 5.92 Å². The van der Waals surface area contributed by atoms with Crippen LogP contribution in [0.5, 0.6) is 0 Å². The van der Waals surface area contributed by atoms with Crippen molar-refractivity contribution in [2.45, 2.75) is 39.5 Å². The van der Waals surface area contributed by atoms with E-state index in [0.717, 1.165) is 6.16 Å². The number of rotatable bonds is 6. The van der Waals surface area contributed by atoms with Gasteiger partial charge >= 0.3 is 7.80 Å². The van der Waals surface area contributed by atoms with E-state index in [2.05, 4.69) is 13.8 Å². The van der Waals surface area contributed by atoms with Gasteiger partial charge in [0.15, 0.2) is 0 Å². The highest BCUT2D eigenvalue weighted by atomic mass is 31.1. The van der Waals surface area contributed by atoms with Crippen molar-refractivity contribution in [3.05, 3.63) is 0 Å². The molecule has 0 saturated heterocycles. The summed E-state index contributed by atoms with van der Waals surface area (Å²) in [5, 5.41) is 0. The minimum Gasteiger partial charge on any atom is -0.0752 e. The summed E-state index contributed by atoms with van der Waals surface area (Å²) in [4.78, 5) is 0. The van der Waals surface area contributed by atoms with Crippen molar-refractivity contribution in [3.63, 3.8) is 0 Å². The maximum absolute atomic E-state index is 10.9. The van der Waals surface area contributed by atoms with Gasteiger partial charge in [-0.15, -0.1) is 0 Å². The van der Waals surface area contributed by atoms with Crippen molar-refractivity contribution < 1.29 is 4.57 Å². The van der Waals surface area contributed by atoms with Gasteiger partial charge in [-0.25, -0.2) is 0 Å². The van der Waals surface area contributed by atoms with E-state index in [4.69, 9.17) is 0 Å². The summed E-state index contributed by atoms with van der Waals surface area (Å²) in [6.45, 7) is 6.24. The second kappa shape index (κ2) is 6.79. The van der Waals surface area contributed by atoms with Crippen LogP contribution in [-0.4, -0.2) is 12.8 Å². The van der Waals surface area contributed by atoms with Crippen molar-refractivity contribution in [1.29, 1.82) is 0 Å². The molecule has 2 atom stereocenters. The smallest absolute Gasteiger partial charge is 0.0752 e. The first-order valence-corrected chi connectivity index (χ1v) is 6.48. The van der Waals surface area contributed by atoms with Crippen LogP contribution in [0.15, 0.2) is 0 Å². The van der Waals surface area contributed by atoms with Crippen LogP contribution in [-0.2, 0) is 4.57 Å². The predicted molar refractivity (Wildman–Crippen MR) is 51.7 cm³/mol. The molecule has 2 heteroatoms. The fourth-order valence-electron chi connectivity index (χ4n) is 1.28. The maximum Gasteiger partial charge on any atom is 0.335 e. The molecule has 0 aliphatic carbocycles. The SMILES string of the molecule is CCCCC(CC)C[P+](C)=O. The van der Waals surface area contributed by atoms with Gasteiger partial charge in [0.25, 0.3) is 0 Å². The molecule has 1 nitrogen and oxygen atoms in total. The van der Waals surface area contributed by atoms with Crippen molar-refractivity contribution in [3.8, 4) is 0 Å². The van der Waals surface area contributed by atoms with Crippen LogP contribution in [0.3, 0.4) is 0 Å². The highest BCUT2D eigenvalue weighted by molar-refractivity contribution is 7.43. The molecule has 0 bridgehead atoms. The average Bonchev–Trinajstić information content (AvgIpc) is 1.97. The van der Waals surface area contributed by atoms with Gasteiger partial charge in [-0.05, 0) is 12.8 Å². The molecule has 0 aliphatic rings. The summed E-state index contributed by atoms with van der Waals surface area (Å²) in [5.41, 5.74) is 0. The second-order valence-electron chi connectivity index (χ2n) is 3.23. The predicted octanol–water partition coefficient (Wildman–Crippen LogP) is 3.66. The summed E-state index contributed by atoms with van der Waals surface area (Å²) < 4.78 is 10.9. The average molecular weight is 175 g/mol. The molecule has 0 radical (unpaired) electrons. The summed E-state index contributed by atoms with van der Waals surface area (Å²) in [7, 11) is -0.912. The molecular weight excluding hydrogens is 155 g/mol. The van der Waals surface area contributed by atoms with E-state index < -0.39 is 7.80 Å². The van der Waals surface area contributed by atoms with Crippen LogP contribution >= 0.6 is 7.80 Å². The zero-order chi connectivity index (χ0) is 8.69. The monoisotopic (exact) mass is 175 g/mol. The first kappa shape index (κ1) is 11.1. The van der Waals surface area contributed by atoms with Crippen molar-refractivity contribution in [2.24, 2.45) is 5.92 Å². The van der Waals surface area contributed by atoms with Crippen LogP contribution < -0.4 is 0 Å². The first-order chi connectivity index (χ1) is 5.20. The van der Waals surface area contributed by atoms with Crippen LogP contribution in [0.2, 0.25) is 0 Å². The van der Waals surface area contributed by atoms with Crippen LogP contribution in [0, 0.1) is 5.92 Å². The first-order valence-electron chi connectivity index (χ1n) is 4.58. The van der Waals surface area contributed by atoms with Crippen LogP contribution in [0.1, 0.15) is 39.5 Å². The lowest BCUT2D eigenvalue weighted by Gasteiger charge is -2.06. The van der Waals surface area contributed by atoms with E-state index in [9.17, 15) is 4.57 Å². The Morgan fingerprint density at radius 1 is 1.36 bits per heavy atom. The summed E-state index contributed by atoms with van der Waals surface area (Å²) in [5.74, 6) is 0.712. The molecule has 66 valence electrons. The Morgan fingerprint density at radius 3 is 2.36 bits per heavy atom. The topological polar surface area (TPSA) is 17.1 Å². The summed E-state index contributed by atoms with van der Waals surface area (Å²) >= 11 is 0. The van der Waals surface area contributed by atoms with Crippen molar-refractivity contribution in [2.75, 3.05) is 12.8 Å². The van der Waals surface area contributed by atoms with Crippen LogP contribution in [0.25, 0.3) is 0 Å². The zero-order valence-corrected chi connectivity index (χ0v) is 8.86. The molecule has 0 saturated carbocycles. The molecular formula is C9H20OP+. The Kier molecular flexibility index (Phi) is 6.85. The Hall–Kier alpha value is 0.100. The van der Waals surface area contributed by atoms with Gasteiger partial charge in [0.2, 0.25) is 0 Å². The van der Waals surface area contributed by atoms with Gasteiger partial charge in [0.1, 0.15) is 12.8 Å². The molecule has 0 spiro atoms. The van der Waals surface area contributed by atoms with Gasteiger partial charge in [-0.2, -0.15) is 0 Å². The van der Waals surface area contributed by atoms with E-state index in [1.165, 1.54) is 25.7 Å². The standard InChI is InChI=1S/C9H20OP/c1-4-6-7-9(5-2)8-11(3)10/h9H,4-8H2,1-3H3/q+1.